The number of rotatable bonds is 6. The number of aromatic amines is 1. The van der Waals surface area contributed by atoms with Crippen LogP contribution in [0.2, 0.25) is 0 Å². The van der Waals surface area contributed by atoms with Crippen molar-refractivity contribution in [3.05, 3.63) is 54.9 Å². The fraction of sp³-hybridized carbons (Fsp3) is 0.304. The smallest absolute Gasteiger partial charge is 0.417 e. The van der Waals surface area contributed by atoms with Gasteiger partial charge in [-0.3, -0.25) is 15.0 Å². The first kappa shape index (κ1) is 21.7. The van der Waals surface area contributed by atoms with Gasteiger partial charge in [0.25, 0.3) is 0 Å². The lowest BCUT2D eigenvalue weighted by Gasteiger charge is -2.34. The molecule has 176 valence electrons. The molecule has 1 atom stereocenters. The Labute approximate surface area is 195 Å². The second-order valence-electron chi connectivity index (χ2n) is 8.20. The van der Waals surface area contributed by atoms with E-state index < -0.39 is 6.09 Å². The van der Waals surface area contributed by atoms with Gasteiger partial charge >= 0.3 is 6.09 Å². The van der Waals surface area contributed by atoms with E-state index in [-0.39, 0.29) is 6.04 Å². The van der Waals surface area contributed by atoms with E-state index >= 15 is 0 Å². The molecule has 0 aliphatic carbocycles. The third-order valence-electron chi connectivity index (χ3n) is 5.76. The molecule has 1 aliphatic rings. The average Bonchev–Trinajstić information content (AvgIpc) is 3.45. The summed E-state index contributed by atoms with van der Waals surface area (Å²) in [6.45, 7) is 2.06. The molecule has 0 unspecified atom stereocenters. The number of hydrogen-bond donors (Lipinski definition) is 3. The molecule has 1 fully saturated rings. The maximum atomic E-state index is 12.7. The lowest BCUT2D eigenvalue weighted by molar-refractivity contribution is 0.215. The van der Waals surface area contributed by atoms with E-state index in [1.165, 1.54) is 6.20 Å². The Morgan fingerprint density at radius 1 is 1.35 bits per heavy atom. The minimum Gasteiger partial charge on any atom is -0.493 e. The molecule has 0 saturated carbocycles. The molecule has 0 spiro atoms. The predicted octanol–water partition coefficient (Wildman–Crippen LogP) is 2.75. The van der Waals surface area contributed by atoms with Crippen molar-refractivity contribution in [1.82, 2.24) is 24.7 Å². The number of nitrogens with two attached hydrogens (primary N) is 1. The first-order valence-electron chi connectivity index (χ1n) is 11.1. The molecule has 4 aromatic rings. The van der Waals surface area contributed by atoms with Gasteiger partial charge in [0, 0.05) is 37.7 Å². The molecule has 11 heteroatoms. The predicted molar refractivity (Wildman–Crippen MR) is 127 cm³/mol. The van der Waals surface area contributed by atoms with Crippen LogP contribution < -0.4 is 25.4 Å². The minimum atomic E-state index is -0.633. The maximum Gasteiger partial charge on any atom is 0.417 e. The van der Waals surface area contributed by atoms with Crippen molar-refractivity contribution >= 4 is 28.5 Å². The summed E-state index contributed by atoms with van der Waals surface area (Å²) in [4.78, 5) is 26.5. The molecule has 1 aliphatic heterocycles. The molecule has 1 amide bonds. The summed E-state index contributed by atoms with van der Waals surface area (Å²) < 4.78 is 12.7. The molecule has 34 heavy (non-hydrogen) atoms. The van der Waals surface area contributed by atoms with E-state index in [4.69, 9.17) is 15.2 Å². The van der Waals surface area contributed by atoms with Crippen LogP contribution in [0, 0.1) is 0 Å². The Kier molecular flexibility index (Phi) is 6.00. The zero-order valence-electron chi connectivity index (χ0n) is 18.8. The lowest BCUT2D eigenvalue weighted by atomic mass is 10.0. The lowest BCUT2D eigenvalue weighted by Crippen LogP contribution is -2.43. The molecule has 5 rings (SSSR count). The Morgan fingerprint density at radius 2 is 2.26 bits per heavy atom. The van der Waals surface area contributed by atoms with E-state index in [0.717, 1.165) is 36.0 Å². The van der Waals surface area contributed by atoms with Gasteiger partial charge in [-0.05, 0) is 24.5 Å². The van der Waals surface area contributed by atoms with E-state index in [9.17, 15) is 4.79 Å². The Balaban J connectivity index is 1.35. The fourth-order valence-corrected chi connectivity index (χ4v) is 4.24. The number of hydrogen-bond acceptors (Lipinski definition) is 8. The van der Waals surface area contributed by atoms with E-state index in [1.807, 2.05) is 12.1 Å². The van der Waals surface area contributed by atoms with Gasteiger partial charge in [0.15, 0.2) is 11.5 Å². The zero-order valence-corrected chi connectivity index (χ0v) is 18.8. The second kappa shape index (κ2) is 9.40. The summed E-state index contributed by atoms with van der Waals surface area (Å²) in [7, 11) is 1.60. The third kappa shape index (κ3) is 4.50. The van der Waals surface area contributed by atoms with Crippen molar-refractivity contribution in [2.45, 2.75) is 25.4 Å². The first-order chi connectivity index (χ1) is 16.6. The number of aromatic nitrogens is 5. The van der Waals surface area contributed by atoms with Gasteiger partial charge in [-0.25, -0.2) is 9.78 Å². The summed E-state index contributed by atoms with van der Waals surface area (Å²) >= 11 is 0. The average molecular weight is 463 g/mol. The third-order valence-corrected chi connectivity index (χ3v) is 5.76. The van der Waals surface area contributed by atoms with Crippen molar-refractivity contribution in [3.8, 4) is 11.5 Å². The van der Waals surface area contributed by atoms with Crippen LogP contribution in [0.1, 0.15) is 18.4 Å². The van der Waals surface area contributed by atoms with Crippen LogP contribution in [0.5, 0.6) is 11.5 Å². The number of fused-ring (bicyclic) bond motifs is 1. The summed E-state index contributed by atoms with van der Waals surface area (Å²) in [6.07, 6.45) is 11.3. The van der Waals surface area contributed by atoms with Crippen molar-refractivity contribution < 1.29 is 14.3 Å². The molecular formula is C23H26N8O3. The van der Waals surface area contributed by atoms with Gasteiger partial charge in [0.2, 0.25) is 0 Å². The standard InChI is InChI=1S/C23H26N8O3/c1-33-19-11-27-22-20(21(19)30-7-3-5-16(24)13-30)18(10-26-22)29-23(32)34-17-9-28-31(14-17)12-15-4-2-6-25-8-15/h2,4,6,8-11,14,16H,3,5,7,12-13,24H2,1H3,(H,26,27)(H,29,32)/t16-/m1/s1. The SMILES string of the molecule is COc1cnc2[nH]cc(NC(=O)Oc3cnn(Cc4cccnc4)c3)c2c1N1CCC[C@@H](N)C1. The zero-order chi connectivity index (χ0) is 23.5. The highest BCUT2D eigenvalue weighted by molar-refractivity contribution is 6.07. The van der Waals surface area contributed by atoms with E-state index in [2.05, 4.69) is 30.3 Å². The van der Waals surface area contributed by atoms with Crippen molar-refractivity contribution in [1.29, 1.82) is 0 Å². The largest absolute Gasteiger partial charge is 0.493 e. The highest BCUT2D eigenvalue weighted by Crippen LogP contribution is 2.40. The maximum absolute atomic E-state index is 12.7. The number of ether oxygens (including phenoxy) is 2. The molecule has 0 radical (unpaired) electrons. The van der Waals surface area contributed by atoms with Gasteiger partial charge in [-0.15, -0.1) is 0 Å². The number of piperidine rings is 1. The van der Waals surface area contributed by atoms with Gasteiger partial charge in [-0.2, -0.15) is 5.10 Å². The topological polar surface area (TPSA) is 136 Å². The van der Waals surface area contributed by atoms with Crippen LogP contribution in [-0.4, -0.2) is 57.1 Å². The number of H-pyrrole nitrogens is 1. The molecule has 11 nitrogen and oxygen atoms in total. The highest BCUT2D eigenvalue weighted by Gasteiger charge is 2.25. The van der Waals surface area contributed by atoms with Crippen LogP contribution in [0.25, 0.3) is 11.0 Å². The van der Waals surface area contributed by atoms with Crippen LogP contribution >= 0.6 is 0 Å². The van der Waals surface area contributed by atoms with Crippen LogP contribution in [0.15, 0.2) is 49.3 Å². The van der Waals surface area contributed by atoms with Gasteiger partial charge < -0.3 is 25.1 Å². The number of anilines is 2. The van der Waals surface area contributed by atoms with E-state index in [0.29, 0.717) is 35.9 Å². The number of pyridine rings is 2. The molecular weight excluding hydrogens is 436 g/mol. The van der Waals surface area contributed by atoms with E-state index in [1.54, 1.807) is 42.8 Å². The Hall–Kier alpha value is -4.12. The van der Waals surface area contributed by atoms with Crippen LogP contribution in [0.4, 0.5) is 16.2 Å². The summed E-state index contributed by atoms with van der Waals surface area (Å²) in [5, 5.41) is 7.82. The van der Waals surface area contributed by atoms with Gasteiger partial charge in [0.05, 0.1) is 49.0 Å². The highest BCUT2D eigenvalue weighted by atomic mass is 16.6. The number of methoxy groups -OCH3 is 1. The Bertz CT molecular complexity index is 1290. The van der Waals surface area contributed by atoms with Gasteiger partial charge in [0.1, 0.15) is 5.65 Å². The monoisotopic (exact) mass is 462 g/mol. The molecule has 4 aromatic heterocycles. The molecule has 5 heterocycles. The quantitative estimate of drug-likeness (QED) is 0.398. The van der Waals surface area contributed by atoms with Crippen molar-refractivity contribution in [2.24, 2.45) is 5.73 Å². The molecule has 0 aromatic carbocycles. The van der Waals surface area contributed by atoms with Gasteiger partial charge in [-0.1, -0.05) is 6.07 Å². The number of carbonyl (C=O) groups is 1. The number of amides is 1. The van der Waals surface area contributed by atoms with Crippen molar-refractivity contribution in [2.75, 3.05) is 30.4 Å². The van der Waals surface area contributed by atoms with Crippen LogP contribution in [0.3, 0.4) is 0 Å². The molecule has 1 saturated heterocycles. The Morgan fingerprint density at radius 3 is 3.06 bits per heavy atom. The minimum absolute atomic E-state index is 0.0743. The summed E-state index contributed by atoms with van der Waals surface area (Å²) in [5.74, 6) is 0.952. The first-order valence-corrected chi connectivity index (χ1v) is 11.1. The fourth-order valence-electron chi connectivity index (χ4n) is 4.24. The van der Waals surface area contributed by atoms with Crippen LogP contribution in [-0.2, 0) is 6.54 Å². The second-order valence-corrected chi connectivity index (χ2v) is 8.20. The normalized spacial score (nSPS) is 15.9. The molecule has 4 N–H and O–H groups in total. The number of nitrogens with zero attached hydrogens (tertiary/aromatic N) is 5. The summed E-state index contributed by atoms with van der Waals surface area (Å²) in [6, 6.07) is 3.89. The molecule has 0 bridgehead atoms. The van der Waals surface area contributed by atoms with Crippen molar-refractivity contribution in [3.63, 3.8) is 0 Å². The number of nitrogens with one attached hydrogen (secondary N) is 2. The number of carbonyl (C=O) groups excluding carboxylic acids is 1. The summed E-state index contributed by atoms with van der Waals surface area (Å²) in [5.41, 5.74) is 9.24.